The third-order valence-electron chi connectivity index (χ3n) is 6.22. The van der Waals surface area contributed by atoms with Gasteiger partial charge in [0.05, 0.1) is 52.4 Å². The number of quaternary nitrogens is 2. The van der Waals surface area contributed by atoms with Crippen LogP contribution >= 0.6 is 0 Å². The van der Waals surface area contributed by atoms with Gasteiger partial charge in [-0.3, -0.25) is 0 Å². The number of hydrogen-bond donors (Lipinski definition) is 0. The van der Waals surface area contributed by atoms with E-state index in [9.17, 15) is 10.2 Å². The summed E-state index contributed by atoms with van der Waals surface area (Å²) in [5.41, 5.74) is 0. The third kappa shape index (κ3) is 9.44. The van der Waals surface area contributed by atoms with Crippen molar-refractivity contribution in [2.24, 2.45) is 0 Å². The predicted octanol–water partition coefficient (Wildman–Crippen LogP) is 3.60. The Kier molecular flexibility index (Phi) is 15.4. The minimum Gasteiger partial charge on any atom is -0.873 e. The molecule has 4 nitrogen and oxygen atoms in total. The highest BCUT2D eigenvalue weighted by Crippen LogP contribution is 2.14. The molecule has 1 aromatic rings. The lowest BCUT2D eigenvalue weighted by Crippen LogP contribution is -2.47. The maximum Gasteiger partial charge on any atom is 0.0757 e. The summed E-state index contributed by atoms with van der Waals surface area (Å²) < 4.78 is 2.56. The van der Waals surface area contributed by atoms with Gasteiger partial charge in [-0.2, -0.15) is 0 Å². The number of para-hydroxylation sites is 2. The van der Waals surface area contributed by atoms with E-state index >= 15 is 0 Å². The van der Waals surface area contributed by atoms with Crippen molar-refractivity contribution in [2.45, 2.75) is 55.4 Å². The van der Waals surface area contributed by atoms with E-state index in [1.807, 2.05) is 0 Å². The van der Waals surface area contributed by atoms with Gasteiger partial charge < -0.3 is 19.2 Å². The molecular formula is C22H44N2O2. The maximum atomic E-state index is 10.3. The number of nitrogens with zero attached hydrogens (tertiary/aromatic N) is 2. The summed E-state index contributed by atoms with van der Waals surface area (Å²) >= 11 is 0. The minimum absolute atomic E-state index is 0.437. The molecule has 0 spiro atoms. The van der Waals surface area contributed by atoms with Crippen LogP contribution in [-0.4, -0.2) is 61.3 Å². The van der Waals surface area contributed by atoms with Crippen LogP contribution in [0.15, 0.2) is 24.3 Å². The van der Waals surface area contributed by atoms with Gasteiger partial charge in [-0.15, -0.1) is 11.5 Å². The molecule has 0 atom stereocenters. The van der Waals surface area contributed by atoms with Crippen LogP contribution in [0.5, 0.6) is 11.5 Å². The van der Waals surface area contributed by atoms with E-state index in [4.69, 9.17) is 0 Å². The monoisotopic (exact) mass is 368 g/mol. The van der Waals surface area contributed by atoms with Gasteiger partial charge in [0.1, 0.15) is 0 Å². The Hall–Kier alpha value is -1.26. The molecule has 0 radical (unpaired) electrons. The van der Waals surface area contributed by atoms with Crippen molar-refractivity contribution in [1.82, 2.24) is 0 Å². The van der Waals surface area contributed by atoms with Crippen molar-refractivity contribution in [1.29, 1.82) is 0 Å². The summed E-state index contributed by atoms with van der Waals surface area (Å²) in [7, 11) is 0. The molecule has 0 unspecified atom stereocenters. The summed E-state index contributed by atoms with van der Waals surface area (Å²) in [6, 6.07) is 5.60. The second-order valence-corrected chi connectivity index (χ2v) is 6.66. The molecule has 0 N–H and O–H groups in total. The van der Waals surface area contributed by atoms with Gasteiger partial charge in [-0.05, 0) is 55.4 Å². The maximum absolute atomic E-state index is 10.3. The highest BCUT2D eigenvalue weighted by Gasteiger charge is 2.16. The van der Waals surface area contributed by atoms with Crippen molar-refractivity contribution in [3.8, 4) is 11.5 Å². The molecule has 0 bridgehead atoms. The molecule has 0 fully saturated rings. The highest BCUT2D eigenvalue weighted by molar-refractivity contribution is 5.33. The lowest BCUT2D eigenvalue weighted by Gasteiger charge is -2.34. The summed E-state index contributed by atoms with van der Waals surface area (Å²) in [6.07, 6.45) is 0. The van der Waals surface area contributed by atoms with E-state index in [1.165, 1.54) is 73.5 Å². The van der Waals surface area contributed by atoms with Crippen molar-refractivity contribution in [3.63, 3.8) is 0 Å². The zero-order valence-corrected chi connectivity index (χ0v) is 18.7. The Morgan fingerprint density at radius 3 is 0.769 bits per heavy atom. The molecule has 1 rings (SSSR count). The Labute approximate surface area is 163 Å². The highest BCUT2D eigenvalue weighted by atomic mass is 16.3. The molecule has 0 amide bonds. The summed E-state index contributed by atoms with van der Waals surface area (Å²) in [4.78, 5) is 0. The summed E-state index contributed by atoms with van der Waals surface area (Å²) in [6.45, 7) is 28.4. The topological polar surface area (TPSA) is 46.1 Å². The normalized spacial score (nSPS) is 11.1. The van der Waals surface area contributed by atoms with Crippen LogP contribution in [-0.2, 0) is 0 Å². The van der Waals surface area contributed by atoms with Gasteiger partial charge in [0.15, 0.2) is 0 Å². The molecule has 1 aromatic carbocycles. The SMILES string of the molecule is CC[N+](CC)(CC)CC.CC[N+](CC)(CC)CC.[O-]c1ccccc1[O-]. The van der Waals surface area contributed by atoms with Crippen LogP contribution in [0.2, 0.25) is 0 Å². The van der Waals surface area contributed by atoms with E-state index in [0.717, 1.165) is 0 Å². The standard InChI is InChI=1S/2C8H20N.C6H6O2/c2*1-5-9(6-2,7-3)8-4;7-5-3-1-2-4-6(5)8/h2*5-8H2,1-4H3;1-4,7-8H/q2*+1;/p-2. The average molecular weight is 369 g/mol. The van der Waals surface area contributed by atoms with Crippen LogP contribution in [0.25, 0.3) is 0 Å². The first kappa shape index (κ1) is 27.0. The second-order valence-electron chi connectivity index (χ2n) is 6.66. The molecule has 0 saturated heterocycles. The van der Waals surface area contributed by atoms with Crippen LogP contribution in [0.4, 0.5) is 0 Å². The minimum atomic E-state index is -0.437. The van der Waals surface area contributed by atoms with Crippen LogP contribution in [0.3, 0.4) is 0 Å². The summed E-state index contributed by atoms with van der Waals surface area (Å²) in [5.74, 6) is -0.875. The fourth-order valence-electron chi connectivity index (χ4n) is 3.13. The first-order valence-corrected chi connectivity index (χ1v) is 10.4. The molecule has 0 aliphatic carbocycles. The lowest BCUT2D eigenvalue weighted by molar-refractivity contribution is -0.921. The number of benzene rings is 1. The molecule has 26 heavy (non-hydrogen) atoms. The van der Waals surface area contributed by atoms with E-state index < -0.39 is 11.5 Å². The van der Waals surface area contributed by atoms with Crippen molar-refractivity contribution in [3.05, 3.63) is 24.3 Å². The van der Waals surface area contributed by atoms with Crippen molar-refractivity contribution in [2.75, 3.05) is 52.4 Å². The predicted molar refractivity (Wildman–Crippen MR) is 110 cm³/mol. The van der Waals surface area contributed by atoms with Gasteiger partial charge in [0.2, 0.25) is 0 Å². The molecule has 0 aromatic heterocycles. The fourth-order valence-corrected chi connectivity index (χ4v) is 3.13. The molecule has 0 aliphatic rings. The second kappa shape index (κ2) is 14.9. The first-order valence-electron chi connectivity index (χ1n) is 10.4. The average Bonchev–Trinajstić information content (AvgIpc) is 2.70. The molecule has 0 saturated carbocycles. The van der Waals surface area contributed by atoms with Crippen molar-refractivity contribution < 1.29 is 19.2 Å². The van der Waals surface area contributed by atoms with E-state index in [0.29, 0.717) is 0 Å². The first-order chi connectivity index (χ1) is 12.3. The van der Waals surface area contributed by atoms with Gasteiger partial charge in [-0.1, -0.05) is 24.3 Å². The van der Waals surface area contributed by atoms with Crippen molar-refractivity contribution >= 4 is 0 Å². The van der Waals surface area contributed by atoms with Gasteiger partial charge in [0.25, 0.3) is 0 Å². The Morgan fingerprint density at radius 2 is 0.692 bits per heavy atom. The lowest BCUT2D eigenvalue weighted by atomic mass is 10.3. The Morgan fingerprint density at radius 1 is 0.500 bits per heavy atom. The Balaban J connectivity index is 0. The molecule has 154 valence electrons. The number of rotatable bonds is 8. The summed E-state index contributed by atoms with van der Waals surface area (Å²) in [5, 5.41) is 20.6. The van der Waals surface area contributed by atoms with Gasteiger partial charge in [-0.25, -0.2) is 0 Å². The molecule has 4 heteroatoms. The molecule has 0 heterocycles. The molecule has 0 aliphatic heterocycles. The Bertz CT molecular complexity index is 366. The largest absolute Gasteiger partial charge is 0.873 e. The van der Waals surface area contributed by atoms with Crippen LogP contribution in [0.1, 0.15) is 55.4 Å². The van der Waals surface area contributed by atoms with E-state index in [-0.39, 0.29) is 0 Å². The van der Waals surface area contributed by atoms with Gasteiger partial charge in [0, 0.05) is 0 Å². The quantitative estimate of drug-likeness (QED) is 0.658. The van der Waals surface area contributed by atoms with Gasteiger partial charge >= 0.3 is 0 Å². The van der Waals surface area contributed by atoms with Crippen LogP contribution < -0.4 is 10.2 Å². The van der Waals surface area contributed by atoms with Crippen LogP contribution in [0, 0.1) is 0 Å². The van der Waals surface area contributed by atoms with E-state index in [2.05, 4.69) is 55.4 Å². The van der Waals surface area contributed by atoms with E-state index in [1.54, 1.807) is 12.1 Å². The zero-order chi connectivity index (χ0) is 20.6. The number of hydrogen-bond acceptors (Lipinski definition) is 2. The smallest absolute Gasteiger partial charge is 0.0757 e. The molecular weight excluding hydrogens is 324 g/mol. The third-order valence-corrected chi connectivity index (χ3v) is 6.22. The zero-order valence-electron chi connectivity index (χ0n) is 18.7. The fraction of sp³-hybridized carbons (Fsp3) is 0.727.